The quantitative estimate of drug-likeness (QED) is 0.611. The molecule has 2 aliphatic rings. The second kappa shape index (κ2) is 10.6. The van der Waals surface area contributed by atoms with Crippen molar-refractivity contribution in [2.24, 2.45) is 11.8 Å². The lowest BCUT2D eigenvalue weighted by molar-refractivity contribution is -0.135. The summed E-state index contributed by atoms with van der Waals surface area (Å²) in [7, 11) is 6.13. The minimum Gasteiger partial charge on any atom is -0.389 e. The Balaban J connectivity index is 1.71. The molecule has 1 saturated heterocycles. The standard InChI is InChI=1S/C25H40N6O2S/c1-7-25(8-2,29(4)5)15-28-24(33)31(9-3)23(32)17-10-16-11-18-19(13-26)22(27)34-21(18)12-20(16)30(6)14-17/h16-17,20H,7-12,14-15,27H2,1-6H3,(H,28,33)/t16-,17-,20?/m1/s1. The Morgan fingerprint density at radius 3 is 2.50 bits per heavy atom. The number of nitrogens with zero attached hydrogens (tertiary/aromatic N) is 4. The van der Waals surface area contributed by atoms with E-state index in [0.717, 1.165) is 37.7 Å². The number of hydrogen-bond donors (Lipinski definition) is 2. The number of carbonyl (C=O) groups is 2. The zero-order valence-corrected chi connectivity index (χ0v) is 22.3. The number of thiophene rings is 1. The predicted octanol–water partition coefficient (Wildman–Crippen LogP) is 2.92. The van der Waals surface area contributed by atoms with Crippen LogP contribution in [-0.2, 0) is 17.6 Å². The second-order valence-electron chi connectivity index (χ2n) is 10.0. The Kier molecular flexibility index (Phi) is 8.27. The first-order valence-electron chi connectivity index (χ1n) is 12.4. The lowest BCUT2D eigenvalue weighted by Crippen LogP contribution is -2.57. The third-order valence-corrected chi connectivity index (χ3v) is 9.39. The Morgan fingerprint density at radius 1 is 1.26 bits per heavy atom. The van der Waals surface area contributed by atoms with Crippen LogP contribution in [0.2, 0.25) is 0 Å². The normalized spacial score (nSPS) is 22.6. The summed E-state index contributed by atoms with van der Waals surface area (Å²) in [6, 6.07) is 2.29. The van der Waals surface area contributed by atoms with Crippen LogP contribution in [0.25, 0.3) is 0 Å². The molecule has 3 rings (SSSR count). The highest BCUT2D eigenvalue weighted by Crippen LogP contribution is 2.43. The van der Waals surface area contributed by atoms with Gasteiger partial charge >= 0.3 is 6.03 Å². The lowest BCUT2D eigenvalue weighted by Gasteiger charge is -2.45. The molecule has 1 aromatic rings. The summed E-state index contributed by atoms with van der Waals surface area (Å²) in [5, 5.41) is 13.2. The molecular weight excluding hydrogens is 448 g/mol. The highest BCUT2D eigenvalue weighted by atomic mass is 32.1. The van der Waals surface area contributed by atoms with Gasteiger partial charge in [0.2, 0.25) is 5.91 Å². The van der Waals surface area contributed by atoms with E-state index in [2.05, 4.69) is 42.1 Å². The van der Waals surface area contributed by atoms with Crippen LogP contribution in [-0.4, -0.2) is 79.0 Å². The molecule has 3 N–H and O–H groups in total. The van der Waals surface area contributed by atoms with Crippen molar-refractivity contribution in [2.75, 3.05) is 46.5 Å². The third-order valence-electron chi connectivity index (χ3n) is 8.31. The van der Waals surface area contributed by atoms with Gasteiger partial charge < -0.3 is 20.9 Å². The van der Waals surface area contributed by atoms with Crippen LogP contribution in [0.5, 0.6) is 0 Å². The number of nitrogen functional groups attached to an aromatic ring is 1. The number of amides is 3. The largest absolute Gasteiger partial charge is 0.389 e. The van der Waals surface area contributed by atoms with Crippen molar-refractivity contribution in [3.8, 4) is 6.07 Å². The van der Waals surface area contributed by atoms with Crippen LogP contribution < -0.4 is 11.1 Å². The molecule has 0 saturated carbocycles. The number of likely N-dealkylation sites (tertiary alicyclic amines) is 1. The fourth-order valence-electron chi connectivity index (χ4n) is 5.90. The number of nitriles is 1. The monoisotopic (exact) mass is 488 g/mol. The maximum atomic E-state index is 13.5. The molecule has 34 heavy (non-hydrogen) atoms. The van der Waals surface area contributed by atoms with E-state index in [1.54, 1.807) is 0 Å². The summed E-state index contributed by atoms with van der Waals surface area (Å²) in [4.78, 5) is 33.6. The maximum absolute atomic E-state index is 13.5. The maximum Gasteiger partial charge on any atom is 0.324 e. The number of carbonyl (C=O) groups excluding carboxylic acids is 2. The Morgan fingerprint density at radius 2 is 1.94 bits per heavy atom. The van der Waals surface area contributed by atoms with E-state index in [1.807, 2.05) is 21.0 Å². The Hall–Kier alpha value is -2.15. The fraction of sp³-hybridized carbons (Fsp3) is 0.720. The number of imide groups is 1. The first kappa shape index (κ1) is 26.5. The molecule has 8 nitrogen and oxygen atoms in total. The van der Waals surface area contributed by atoms with Crippen molar-refractivity contribution in [1.82, 2.24) is 20.0 Å². The van der Waals surface area contributed by atoms with Crippen LogP contribution in [0.3, 0.4) is 0 Å². The molecule has 0 radical (unpaired) electrons. The first-order chi connectivity index (χ1) is 16.1. The number of anilines is 1. The van der Waals surface area contributed by atoms with Gasteiger partial charge in [-0.2, -0.15) is 5.26 Å². The molecule has 3 atom stereocenters. The molecule has 1 aromatic heterocycles. The van der Waals surface area contributed by atoms with Crippen molar-refractivity contribution in [1.29, 1.82) is 5.26 Å². The van der Waals surface area contributed by atoms with Crippen LogP contribution >= 0.6 is 11.3 Å². The Labute approximate surface area is 208 Å². The topological polar surface area (TPSA) is 106 Å². The van der Waals surface area contributed by atoms with E-state index in [0.29, 0.717) is 36.2 Å². The molecule has 0 bridgehead atoms. The SMILES string of the molecule is CCN(C(=O)NCC(CC)(CC)N(C)C)C(=O)[C@@H]1C[C@@H]2Cc3c(sc(N)c3C#N)CC2N(C)C1. The van der Waals surface area contributed by atoms with Gasteiger partial charge in [-0.05, 0) is 71.7 Å². The van der Waals surface area contributed by atoms with Crippen LogP contribution in [0, 0.1) is 23.2 Å². The van der Waals surface area contributed by atoms with Crippen molar-refractivity contribution in [2.45, 2.75) is 64.5 Å². The van der Waals surface area contributed by atoms with Crippen molar-refractivity contribution in [3.63, 3.8) is 0 Å². The van der Waals surface area contributed by atoms with Gasteiger partial charge in [0.15, 0.2) is 0 Å². The van der Waals surface area contributed by atoms with Gasteiger partial charge in [0.1, 0.15) is 11.1 Å². The number of hydrogen-bond acceptors (Lipinski definition) is 7. The smallest absolute Gasteiger partial charge is 0.324 e. The zero-order chi connectivity index (χ0) is 25.2. The zero-order valence-electron chi connectivity index (χ0n) is 21.5. The molecule has 0 spiro atoms. The summed E-state index contributed by atoms with van der Waals surface area (Å²) >= 11 is 1.53. The molecule has 9 heteroatoms. The summed E-state index contributed by atoms with van der Waals surface area (Å²) in [6.07, 6.45) is 4.18. The van der Waals surface area contributed by atoms with Gasteiger partial charge in [-0.1, -0.05) is 13.8 Å². The number of rotatable bonds is 7. The number of urea groups is 1. The van der Waals surface area contributed by atoms with Gasteiger partial charge in [-0.15, -0.1) is 11.3 Å². The minimum atomic E-state index is -0.311. The predicted molar refractivity (Wildman–Crippen MR) is 137 cm³/mol. The molecule has 188 valence electrons. The highest BCUT2D eigenvalue weighted by Gasteiger charge is 2.43. The van der Waals surface area contributed by atoms with Gasteiger partial charge in [0, 0.05) is 36.1 Å². The van der Waals surface area contributed by atoms with Crippen molar-refractivity contribution < 1.29 is 9.59 Å². The molecule has 1 aliphatic heterocycles. The number of likely N-dealkylation sites (N-methyl/N-ethyl adjacent to an activating group) is 2. The molecule has 1 aliphatic carbocycles. The first-order valence-corrected chi connectivity index (χ1v) is 13.2. The number of nitrogens with two attached hydrogens (primary N) is 1. The van der Waals surface area contributed by atoms with E-state index in [4.69, 9.17) is 5.73 Å². The van der Waals surface area contributed by atoms with Crippen molar-refractivity contribution in [3.05, 3.63) is 16.0 Å². The van der Waals surface area contributed by atoms with Crippen molar-refractivity contribution >= 4 is 28.3 Å². The van der Waals surface area contributed by atoms with Gasteiger partial charge in [0.25, 0.3) is 0 Å². The summed E-state index contributed by atoms with van der Waals surface area (Å²) in [6.45, 7) is 7.59. The van der Waals surface area contributed by atoms with E-state index in [1.165, 1.54) is 21.1 Å². The van der Waals surface area contributed by atoms with Gasteiger partial charge in [-0.3, -0.25) is 9.69 Å². The minimum absolute atomic E-state index is 0.107. The lowest BCUT2D eigenvalue weighted by atomic mass is 9.74. The summed E-state index contributed by atoms with van der Waals surface area (Å²) in [5.74, 6) is -0.0782. The van der Waals surface area contributed by atoms with E-state index < -0.39 is 0 Å². The fourth-order valence-corrected chi connectivity index (χ4v) is 6.99. The van der Waals surface area contributed by atoms with E-state index in [9.17, 15) is 14.9 Å². The van der Waals surface area contributed by atoms with Gasteiger partial charge in [0.05, 0.1) is 11.5 Å². The molecule has 1 fully saturated rings. The number of piperidine rings is 1. The van der Waals surface area contributed by atoms with Gasteiger partial charge in [-0.25, -0.2) is 4.79 Å². The highest BCUT2D eigenvalue weighted by molar-refractivity contribution is 7.16. The average molecular weight is 489 g/mol. The van der Waals surface area contributed by atoms with Crippen LogP contribution in [0.15, 0.2) is 0 Å². The summed E-state index contributed by atoms with van der Waals surface area (Å²) in [5.41, 5.74) is 7.64. The molecule has 1 unspecified atom stereocenters. The van der Waals surface area contributed by atoms with E-state index in [-0.39, 0.29) is 29.3 Å². The number of nitrogens with one attached hydrogen (secondary N) is 1. The van der Waals surface area contributed by atoms with Crippen LogP contribution in [0.4, 0.5) is 9.80 Å². The molecule has 3 amide bonds. The molecular formula is C25H40N6O2S. The van der Waals surface area contributed by atoms with E-state index >= 15 is 0 Å². The third kappa shape index (κ3) is 4.81. The number of fused-ring (bicyclic) bond motifs is 2. The molecule has 2 heterocycles. The van der Waals surface area contributed by atoms with Crippen LogP contribution in [0.1, 0.15) is 56.0 Å². The second-order valence-corrected chi connectivity index (χ2v) is 11.2. The average Bonchev–Trinajstić information content (AvgIpc) is 3.12. The summed E-state index contributed by atoms with van der Waals surface area (Å²) < 4.78 is 0. The Bertz CT molecular complexity index is 948. The molecule has 0 aromatic carbocycles.